The number of nitrogens with zero attached hydrogens (tertiary/aromatic N) is 5. The summed E-state index contributed by atoms with van der Waals surface area (Å²) in [4.78, 5) is 91.2. The summed E-state index contributed by atoms with van der Waals surface area (Å²) >= 11 is 1.82. The number of hydrogen-bond acceptors (Lipinski definition) is 16. The van der Waals surface area contributed by atoms with Gasteiger partial charge in [0.2, 0.25) is 11.8 Å². The van der Waals surface area contributed by atoms with Crippen LogP contribution in [-0.2, 0) is 35.2 Å². The number of carbonyl (C=O) groups excluding carboxylic acids is 7. The number of amides is 4. The van der Waals surface area contributed by atoms with Crippen molar-refractivity contribution in [3.8, 4) is 0 Å². The fraction of sp³-hybridized carbons (Fsp3) is 0.639. The molecule has 0 saturated carbocycles. The molecule has 19 nitrogen and oxygen atoms in total. The molecule has 0 aromatic heterocycles. The number of hydrogen-bond donors (Lipinski definition) is 3. The van der Waals surface area contributed by atoms with E-state index in [-0.39, 0.29) is 128 Å². The SMILES string of the molecule is CN(CC(=O)Nc1ccc(C[C@H]2CN(CC(=O)[O-])CCN(CC(=O)[O-])CCN(CC(=O)[O-])CCN2CC(=O)[O-])cc1)C(=O)CCCC[C@@H]1SC[C@@H]2NC(=O)N[C@@H]21.[177Lu+3].[H+]. The molecular formula is C36H51LuN8O11S. The number of benzene rings is 1. The second-order valence-electron chi connectivity index (χ2n) is 14.5. The first kappa shape index (κ1) is 48.1. The zero-order chi connectivity index (χ0) is 40.8. The summed E-state index contributed by atoms with van der Waals surface area (Å²) in [6.07, 6.45) is 2.87. The molecule has 1 aromatic carbocycles. The predicted octanol–water partition coefficient (Wildman–Crippen LogP) is -5.95. The number of urea groups is 1. The number of aliphatic carboxylic acids is 4. The molecular weight excluding hydrogens is 929 g/mol. The van der Waals surface area contributed by atoms with Crippen LogP contribution in [0.3, 0.4) is 0 Å². The van der Waals surface area contributed by atoms with Gasteiger partial charge in [-0.2, -0.15) is 11.8 Å². The van der Waals surface area contributed by atoms with Crippen molar-refractivity contribution in [2.45, 2.75) is 55.5 Å². The van der Waals surface area contributed by atoms with Crippen LogP contribution in [-0.4, -0.2) is 181 Å². The second kappa shape index (κ2) is 24.0. The fourth-order valence-electron chi connectivity index (χ4n) is 7.28. The molecule has 4 atom stereocenters. The predicted molar refractivity (Wildman–Crippen MR) is 196 cm³/mol. The molecule has 3 aliphatic heterocycles. The Morgan fingerprint density at radius 2 is 1.37 bits per heavy atom. The van der Waals surface area contributed by atoms with E-state index in [9.17, 15) is 54.0 Å². The van der Waals surface area contributed by atoms with Crippen molar-refractivity contribution in [1.82, 2.24) is 35.1 Å². The molecule has 0 radical (unpaired) electrons. The van der Waals surface area contributed by atoms with Gasteiger partial charge in [-0.25, -0.2) is 4.79 Å². The molecule has 4 amide bonds. The van der Waals surface area contributed by atoms with Crippen LogP contribution in [0.25, 0.3) is 0 Å². The minimum atomic E-state index is -1.39. The number of carbonyl (C=O) groups is 7. The minimum Gasteiger partial charge on any atom is -0.549 e. The molecule has 0 bridgehead atoms. The Labute approximate surface area is 366 Å². The van der Waals surface area contributed by atoms with Crippen LogP contribution in [0, 0.1) is 36.9 Å². The molecule has 3 heterocycles. The van der Waals surface area contributed by atoms with Gasteiger partial charge in [-0.15, -0.1) is 0 Å². The van der Waals surface area contributed by atoms with E-state index in [2.05, 4.69) is 16.0 Å². The molecule has 57 heavy (non-hydrogen) atoms. The van der Waals surface area contributed by atoms with Crippen LogP contribution in [0.1, 0.15) is 32.7 Å². The van der Waals surface area contributed by atoms with Gasteiger partial charge in [-0.3, -0.25) is 29.2 Å². The summed E-state index contributed by atoms with van der Waals surface area (Å²) in [6.45, 7) is -1.53. The molecule has 3 aliphatic rings. The minimum absolute atomic E-state index is 0. The van der Waals surface area contributed by atoms with Crippen molar-refractivity contribution in [2.75, 3.05) is 96.7 Å². The number of carboxylic acid groups (broad SMARTS) is 4. The average molecular weight is 981 g/mol. The normalized spacial score (nSPS) is 22.4. The maximum Gasteiger partial charge on any atom is 3.00 e. The van der Waals surface area contributed by atoms with Crippen LogP contribution in [0.4, 0.5) is 10.5 Å². The summed E-state index contributed by atoms with van der Waals surface area (Å²) < 4.78 is 0. The van der Waals surface area contributed by atoms with E-state index in [0.29, 0.717) is 22.9 Å². The summed E-state index contributed by atoms with van der Waals surface area (Å²) in [7, 11) is 1.56. The van der Waals surface area contributed by atoms with Crippen LogP contribution >= 0.6 is 11.8 Å². The van der Waals surface area contributed by atoms with Gasteiger partial charge >= 0.3 is 44.3 Å². The zero-order valence-corrected chi connectivity index (χ0v) is 34.2. The summed E-state index contributed by atoms with van der Waals surface area (Å²) in [5.41, 5.74) is 1.17. The van der Waals surface area contributed by atoms with Gasteiger partial charge in [0.1, 0.15) is 0 Å². The monoisotopic (exact) mass is 980 g/mol. The maximum atomic E-state index is 12.8. The third-order valence-electron chi connectivity index (χ3n) is 10.1. The van der Waals surface area contributed by atoms with E-state index >= 15 is 0 Å². The Hall–Kier alpha value is -3.27. The van der Waals surface area contributed by atoms with Crippen molar-refractivity contribution in [2.24, 2.45) is 0 Å². The Morgan fingerprint density at radius 3 is 1.96 bits per heavy atom. The number of nitrogens with one attached hydrogen (secondary N) is 3. The molecule has 0 aliphatic carbocycles. The first-order valence-electron chi connectivity index (χ1n) is 18.7. The summed E-state index contributed by atoms with van der Waals surface area (Å²) in [6, 6.07) is 6.25. The number of rotatable bonds is 18. The molecule has 0 spiro atoms. The maximum absolute atomic E-state index is 12.8. The van der Waals surface area contributed by atoms with Crippen molar-refractivity contribution >= 4 is 59.2 Å². The molecule has 21 heteroatoms. The number of unbranched alkanes of at least 4 members (excludes halogenated alkanes) is 1. The summed E-state index contributed by atoms with van der Waals surface area (Å²) in [5.74, 6) is -5.18. The molecule has 3 saturated heterocycles. The number of anilines is 1. The van der Waals surface area contributed by atoms with Crippen LogP contribution in [0.5, 0.6) is 0 Å². The number of fused-ring (bicyclic) bond motifs is 1. The first-order chi connectivity index (χ1) is 26.6. The van der Waals surface area contributed by atoms with Crippen LogP contribution in [0.2, 0.25) is 0 Å². The van der Waals surface area contributed by atoms with Crippen molar-refractivity contribution < 1.29 is 92.3 Å². The van der Waals surface area contributed by atoms with E-state index in [1.807, 2.05) is 11.8 Å². The van der Waals surface area contributed by atoms with E-state index in [1.165, 1.54) is 19.6 Å². The van der Waals surface area contributed by atoms with Crippen molar-refractivity contribution in [3.05, 3.63) is 29.8 Å². The Balaban J connectivity index is 0.00000580. The molecule has 3 fully saturated rings. The molecule has 3 N–H and O–H groups in total. The van der Waals surface area contributed by atoms with E-state index in [4.69, 9.17) is 0 Å². The Kier molecular flexibility index (Phi) is 20.2. The molecule has 1 aromatic rings. The molecule has 0 unspecified atom stereocenters. The number of thioether (sulfide) groups is 1. The average Bonchev–Trinajstić information content (AvgIpc) is 3.67. The van der Waals surface area contributed by atoms with Gasteiger partial charge in [-0.1, -0.05) is 18.6 Å². The quantitative estimate of drug-likeness (QED) is 0.0914. The standard InChI is InChI=1S/C36H54N8O11S.Lu/c1-40(30(46)5-3-2-4-28-35-27(23-56-28)38-36(55)39-35)18-29(45)37-25-8-6-24(7-9-25)16-26-17-43(21-33(51)52)13-12-41(19-31(47)48)10-11-42(20-32(49)50)14-15-44(26)22-34(53)54;/h6-9,26-28,35H,2-5,10-23H2,1H3,(H,37,45)(H,47,48)(H,49,50)(H,51,52)(H,53,54)(H2,38,39,55);/q;+3/p-3/t26-,27-,28-,35-;/m0./s1/i;1+2. The molecule has 4 rings (SSSR count). The fourth-order valence-corrected chi connectivity index (χ4v) is 8.82. The van der Waals surface area contributed by atoms with Gasteiger partial charge < -0.3 is 60.5 Å². The topological polar surface area (TPSA) is 264 Å². The van der Waals surface area contributed by atoms with Gasteiger partial charge in [0.05, 0.1) is 42.5 Å². The Morgan fingerprint density at radius 1 is 0.807 bits per heavy atom. The molecule has 322 valence electrons. The second-order valence-corrected chi connectivity index (χ2v) is 15.7. The van der Waals surface area contributed by atoms with Crippen molar-refractivity contribution in [1.29, 1.82) is 0 Å². The third-order valence-corrected chi connectivity index (χ3v) is 11.6. The van der Waals surface area contributed by atoms with E-state index in [0.717, 1.165) is 18.6 Å². The van der Waals surface area contributed by atoms with Crippen LogP contribution < -0.4 is 36.4 Å². The summed E-state index contributed by atoms with van der Waals surface area (Å²) in [5, 5.41) is 55.5. The van der Waals surface area contributed by atoms with Crippen molar-refractivity contribution in [3.63, 3.8) is 0 Å². The van der Waals surface area contributed by atoms with Gasteiger partial charge in [-0.05, 0) is 37.0 Å². The van der Waals surface area contributed by atoms with Gasteiger partial charge in [0.25, 0.3) is 0 Å². The van der Waals surface area contributed by atoms with Gasteiger partial charge in [0.15, 0.2) is 0 Å². The third kappa shape index (κ3) is 16.9. The largest absolute Gasteiger partial charge is 3.00 e. The first-order valence-corrected chi connectivity index (χ1v) is 19.7. The van der Waals surface area contributed by atoms with Gasteiger partial charge in [0, 0.05) is 108 Å². The number of carboxylic acids is 4. The Bertz CT molecular complexity index is 1570. The zero-order valence-electron chi connectivity index (χ0n) is 32.7. The van der Waals surface area contributed by atoms with Crippen LogP contribution in [0.15, 0.2) is 24.3 Å². The smallest absolute Gasteiger partial charge is 0.549 e. The van der Waals surface area contributed by atoms with E-state index in [1.54, 1.807) is 36.2 Å². The number of likely N-dealkylation sites (N-methyl/N-ethyl adjacent to an activating group) is 1. The van der Waals surface area contributed by atoms with E-state index < -0.39 is 62.0 Å².